The summed E-state index contributed by atoms with van der Waals surface area (Å²) in [4.78, 5) is 27.3. The summed E-state index contributed by atoms with van der Waals surface area (Å²) in [6, 6.07) is 12.5. The number of aromatic nitrogens is 1. The van der Waals surface area contributed by atoms with Crippen molar-refractivity contribution in [3.63, 3.8) is 0 Å². The molecule has 1 atom stereocenters. The third kappa shape index (κ3) is 8.41. The Balaban J connectivity index is 0.000000532. The molecule has 1 unspecified atom stereocenters. The summed E-state index contributed by atoms with van der Waals surface area (Å²) < 4.78 is 53.2. The van der Waals surface area contributed by atoms with Crippen LogP contribution in [0.2, 0.25) is 5.02 Å². The van der Waals surface area contributed by atoms with Gasteiger partial charge in [-0.1, -0.05) is 35.8 Å². The summed E-state index contributed by atoms with van der Waals surface area (Å²) in [6.45, 7) is 1.91. The van der Waals surface area contributed by atoms with Crippen LogP contribution in [-0.4, -0.2) is 39.5 Å². The Morgan fingerprint density at radius 2 is 1.77 bits per heavy atom. The van der Waals surface area contributed by atoms with Gasteiger partial charge < -0.3 is 19.9 Å². The number of benzene rings is 2. The van der Waals surface area contributed by atoms with E-state index in [0.29, 0.717) is 26.5 Å². The number of carboxylic acids is 1. The lowest BCUT2D eigenvalue weighted by Gasteiger charge is -2.12. The second kappa shape index (κ2) is 13.3. The fourth-order valence-electron chi connectivity index (χ4n) is 3.76. The van der Waals surface area contributed by atoms with Gasteiger partial charge in [0, 0.05) is 16.6 Å². The summed E-state index contributed by atoms with van der Waals surface area (Å²) in [5, 5.41) is 11.3. The maximum atomic E-state index is 13.1. The molecule has 8 nitrogen and oxygen atoms in total. The molecule has 0 bridgehead atoms. The number of nitrogens with one attached hydrogen (secondary N) is 2. The van der Waals surface area contributed by atoms with Crippen LogP contribution < -0.4 is 14.8 Å². The average Bonchev–Trinajstić information content (AvgIpc) is 3.55. The molecule has 1 amide bonds. The smallest absolute Gasteiger partial charge is 0.490 e. The van der Waals surface area contributed by atoms with E-state index in [1.54, 1.807) is 37.4 Å². The molecule has 0 radical (unpaired) electrons. The monoisotopic (exact) mass is 603 g/mol. The van der Waals surface area contributed by atoms with E-state index in [0.717, 1.165) is 41.8 Å². The fourth-order valence-corrected chi connectivity index (χ4v) is 5.88. The number of ether oxygens (including phenoxy) is 1. The third-order valence-electron chi connectivity index (χ3n) is 5.68. The molecule has 3 N–H and O–H groups in total. The molecule has 1 aliphatic rings. The molecule has 0 aliphatic heterocycles. The molecule has 0 spiro atoms. The lowest BCUT2D eigenvalue weighted by atomic mass is 10.1. The Morgan fingerprint density at radius 1 is 1.15 bits per heavy atom. The van der Waals surface area contributed by atoms with Crippen molar-refractivity contribution in [2.45, 2.75) is 43.7 Å². The van der Waals surface area contributed by atoms with Gasteiger partial charge in [0.05, 0.1) is 17.7 Å². The molecular weight excluding hydrogens is 579 g/mol. The molecule has 1 heterocycles. The molecule has 0 saturated heterocycles. The molecule has 14 heteroatoms. The molecule has 2 aromatic carbocycles. The molecule has 1 aliphatic carbocycles. The topological polar surface area (TPSA) is 118 Å². The number of nitrogens with zero attached hydrogens (tertiary/aromatic N) is 1. The van der Waals surface area contributed by atoms with Gasteiger partial charge in [0.1, 0.15) is 10.6 Å². The van der Waals surface area contributed by atoms with Crippen molar-refractivity contribution >= 4 is 56.6 Å². The molecule has 39 heavy (non-hydrogen) atoms. The van der Waals surface area contributed by atoms with Crippen LogP contribution in [0.3, 0.4) is 0 Å². The van der Waals surface area contributed by atoms with Crippen molar-refractivity contribution in [2.75, 3.05) is 17.1 Å². The average molecular weight is 604 g/mol. The van der Waals surface area contributed by atoms with Crippen molar-refractivity contribution < 1.29 is 36.8 Å². The summed E-state index contributed by atoms with van der Waals surface area (Å²) in [6.07, 6.45) is -0.985. The number of halogens is 4. The van der Waals surface area contributed by atoms with Crippen molar-refractivity contribution in [1.82, 2.24) is 4.98 Å². The highest BCUT2D eigenvalue weighted by Gasteiger charge is 2.38. The van der Waals surface area contributed by atoms with Gasteiger partial charge >= 0.3 is 12.1 Å². The van der Waals surface area contributed by atoms with E-state index < -0.39 is 23.1 Å². The van der Waals surface area contributed by atoms with Crippen LogP contribution in [0.15, 0.2) is 47.4 Å². The SMILES string of the molecule is COc1ccc(-c2sc(NC(=O)C3CCCC3)nc2C)cc1S(=O)Nc1ccc(Cl)cc1.O=C(O)C(F)(F)F. The number of rotatable bonds is 7. The Morgan fingerprint density at radius 3 is 2.33 bits per heavy atom. The largest absolute Gasteiger partial charge is 0.495 e. The zero-order valence-electron chi connectivity index (χ0n) is 20.8. The highest BCUT2D eigenvalue weighted by molar-refractivity contribution is 7.86. The van der Waals surface area contributed by atoms with Gasteiger partial charge in [0.2, 0.25) is 5.91 Å². The van der Waals surface area contributed by atoms with E-state index in [1.165, 1.54) is 11.3 Å². The first-order valence-corrected chi connectivity index (χ1v) is 13.9. The summed E-state index contributed by atoms with van der Waals surface area (Å²) in [5.41, 5.74) is 2.36. The zero-order valence-corrected chi connectivity index (χ0v) is 23.2. The lowest BCUT2D eigenvalue weighted by molar-refractivity contribution is -0.192. The number of carboxylic acid groups (broad SMARTS) is 1. The van der Waals surface area contributed by atoms with Gasteiger partial charge in [-0.3, -0.25) is 4.79 Å². The lowest BCUT2D eigenvalue weighted by Crippen LogP contribution is -2.21. The van der Waals surface area contributed by atoms with Gasteiger partial charge in [0.25, 0.3) is 0 Å². The quantitative estimate of drug-likeness (QED) is 0.277. The van der Waals surface area contributed by atoms with E-state index in [1.807, 2.05) is 19.1 Å². The fraction of sp³-hybridized carbons (Fsp3) is 0.320. The van der Waals surface area contributed by atoms with Crippen molar-refractivity contribution in [3.05, 3.63) is 53.2 Å². The van der Waals surface area contributed by atoms with Gasteiger partial charge in [-0.2, -0.15) is 13.2 Å². The Labute approximate surface area is 234 Å². The Kier molecular flexibility index (Phi) is 10.3. The minimum atomic E-state index is -5.08. The maximum Gasteiger partial charge on any atom is 0.490 e. The predicted octanol–water partition coefficient (Wildman–Crippen LogP) is 6.68. The molecule has 1 saturated carbocycles. The van der Waals surface area contributed by atoms with E-state index in [4.69, 9.17) is 26.2 Å². The Hall–Kier alpha value is -3.16. The van der Waals surface area contributed by atoms with Crippen LogP contribution in [0, 0.1) is 12.8 Å². The number of hydrogen-bond donors (Lipinski definition) is 3. The van der Waals surface area contributed by atoms with Crippen molar-refractivity contribution in [2.24, 2.45) is 5.92 Å². The van der Waals surface area contributed by atoms with E-state index in [-0.39, 0.29) is 11.8 Å². The van der Waals surface area contributed by atoms with Crippen LogP contribution in [0.1, 0.15) is 31.4 Å². The first-order valence-electron chi connectivity index (χ1n) is 11.6. The van der Waals surface area contributed by atoms with Crippen LogP contribution in [0.5, 0.6) is 5.75 Å². The van der Waals surface area contributed by atoms with Gasteiger partial charge in [-0.15, -0.1) is 0 Å². The van der Waals surface area contributed by atoms with E-state index >= 15 is 0 Å². The number of aryl methyl sites for hydroxylation is 1. The number of aliphatic carboxylic acids is 1. The first kappa shape index (κ1) is 30.4. The van der Waals surface area contributed by atoms with Crippen LogP contribution in [0.25, 0.3) is 10.4 Å². The van der Waals surface area contributed by atoms with Crippen LogP contribution in [-0.2, 0) is 20.6 Å². The number of methoxy groups -OCH3 is 1. The number of anilines is 2. The number of thiazole rings is 1. The number of alkyl halides is 3. The molecular formula is C25H25ClF3N3O5S2. The third-order valence-corrected chi connectivity index (χ3v) is 8.19. The molecule has 1 aromatic heterocycles. The van der Waals surface area contributed by atoms with Crippen LogP contribution in [0.4, 0.5) is 24.0 Å². The second-order valence-corrected chi connectivity index (χ2v) is 11.1. The minimum absolute atomic E-state index is 0.0477. The maximum absolute atomic E-state index is 13.1. The van der Waals surface area contributed by atoms with E-state index in [2.05, 4.69) is 15.0 Å². The number of carbonyl (C=O) groups is 2. The first-order chi connectivity index (χ1) is 18.4. The van der Waals surface area contributed by atoms with Gasteiger partial charge in [0.15, 0.2) is 16.1 Å². The van der Waals surface area contributed by atoms with Crippen molar-refractivity contribution in [1.29, 1.82) is 0 Å². The summed E-state index contributed by atoms with van der Waals surface area (Å²) >= 11 is 7.35. The standard InChI is InChI=1S/C23H24ClN3O3S2.C2HF3O2/c1-14-21(31-23(25-14)26-22(28)15-5-3-4-6-15)16-7-12-19(30-2)20(13-16)32(29)27-18-10-8-17(24)9-11-18;3-2(4,5)1(6)7/h7-13,15,27H,3-6H2,1-2H3,(H,25,26,28);(H,6,7). The summed E-state index contributed by atoms with van der Waals surface area (Å²) in [5.74, 6) is -2.11. The second-order valence-electron chi connectivity index (χ2n) is 8.45. The number of carbonyl (C=O) groups excluding carboxylic acids is 1. The number of amides is 1. The highest BCUT2D eigenvalue weighted by Crippen LogP contribution is 2.37. The molecule has 210 valence electrons. The van der Waals surface area contributed by atoms with Gasteiger partial charge in [-0.25, -0.2) is 14.0 Å². The molecule has 3 aromatic rings. The Bertz CT molecular complexity index is 1340. The normalized spacial score (nSPS) is 14.2. The van der Waals surface area contributed by atoms with E-state index in [9.17, 15) is 22.2 Å². The molecule has 1 fully saturated rings. The van der Waals surface area contributed by atoms with Crippen molar-refractivity contribution in [3.8, 4) is 16.2 Å². The summed E-state index contributed by atoms with van der Waals surface area (Å²) in [7, 11) is -0.00258. The highest BCUT2D eigenvalue weighted by atomic mass is 35.5. The van der Waals surface area contributed by atoms with Gasteiger partial charge in [-0.05, 0) is 67.8 Å². The zero-order chi connectivity index (χ0) is 28.7. The number of hydrogen-bond acceptors (Lipinski definition) is 6. The minimum Gasteiger partial charge on any atom is -0.495 e. The predicted molar refractivity (Wildman–Crippen MR) is 145 cm³/mol. The van der Waals surface area contributed by atoms with Crippen LogP contribution >= 0.6 is 22.9 Å². The molecule has 4 rings (SSSR count).